The molecule has 29 heavy (non-hydrogen) atoms. The summed E-state index contributed by atoms with van der Waals surface area (Å²) in [5, 5.41) is 16.9. The third-order valence-corrected chi connectivity index (χ3v) is 5.49. The summed E-state index contributed by atoms with van der Waals surface area (Å²) in [7, 11) is 0. The lowest BCUT2D eigenvalue weighted by molar-refractivity contribution is 0.0954. The van der Waals surface area contributed by atoms with Gasteiger partial charge in [0.2, 0.25) is 5.82 Å². The van der Waals surface area contributed by atoms with Gasteiger partial charge in [-0.2, -0.15) is 9.90 Å². The molecule has 7 nitrogen and oxygen atoms in total. The molecule has 7 heteroatoms. The average Bonchev–Trinajstić information content (AvgIpc) is 3.36. The van der Waals surface area contributed by atoms with Gasteiger partial charge in [0.15, 0.2) is 0 Å². The Morgan fingerprint density at radius 2 is 1.97 bits per heavy atom. The standard InChI is InChI=1S/C22H20N6O/c29-22(25-23-20-13-18-7-4-8-19(18)20)17-11-9-15(10-12-17)14-28-26-21(24-27-28)16-5-2-1-3-6-16/h1-7,9-12,18-19H,8,13-14H2,(H,25,29)/b23-20-/t18-,19-/m0/s1. The zero-order valence-corrected chi connectivity index (χ0v) is 15.8. The number of fused-ring (bicyclic) bond motifs is 1. The molecule has 0 saturated heterocycles. The molecule has 0 aliphatic heterocycles. The minimum atomic E-state index is -0.191. The van der Waals surface area contributed by atoms with Gasteiger partial charge in [-0.05, 0) is 41.7 Å². The number of hydrogen-bond donors (Lipinski definition) is 1. The maximum absolute atomic E-state index is 12.3. The number of tetrazole rings is 1. The summed E-state index contributed by atoms with van der Waals surface area (Å²) in [6.07, 6.45) is 6.44. The molecule has 3 aromatic rings. The van der Waals surface area contributed by atoms with Crippen LogP contribution < -0.4 is 5.43 Å². The lowest BCUT2D eigenvalue weighted by atomic mass is 9.74. The molecule has 1 heterocycles. The van der Waals surface area contributed by atoms with Crippen LogP contribution in [0.15, 0.2) is 71.9 Å². The van der Waals surface area contributed by atoms with Crippen LogP contribution in [0.25, 0.3) is 11.4 Å². The van der Waals surface area contributed by atoms with Crippen LogP contribution in [0.3, 0.4) is 0 Å². The fourth-order valence-electron chi connectivity index (χ4n) is 3.79. The van der Waals surface area contributed by atoms with Gasteiger partial charge in [0.1, 0.15) is 0 Å². The van der Waals surface area contributed by atoms with Crippen molar-refractivity contribution in [3.63, 3.8) is 0 Å². The number of carbonyl (C=O) groups excluding carboxylic acids is 1. The molecule has 1 saturated carbocycles. The van der Waals surface area contributed by atoms with E-state index in [2.05, 4.69) is 38.1 Å². The maximum atomic E-state index is 12.3. The summed E-state index contributed by atoms with van der Waals surface area (Å²) in [4.78, 5) is 13.9. The van der Waals surface area contributed by atoms with Crippen molar-refractivity contribution in [1.29, 1.82) is 0 Å². The minimum Gasteiger partial charge on any atom is -0.267 e. The largest absolute Gasteiger partial charge is 0.271 e. The van der Waals surface area contributed by atoms with Crippen molar-refractivity contribution in [1.82, 2.24) is 25.6 Å². The monoisotopic (exact) mass is 384 g/mol. The molecule has 1 aromatic heterocycles. The highest BCUT2D eigenvalue weighted by Crippen LogP contribution is 2.40. The van der Waals surface area contributed by atoms with Gasteiger partial charge >= 0.3 is 0 Å². The van der Waals surface area contributed by atoms with Gasteiger partial charge in [-0.3, -0.25) is 4.79 Å². The second-order valence-corrected chi connectivity index (χ2v) is 7.39. The molecular weight excluding hydrogens is 364 g/mol. The zero-order valence-electron chi connectivity index (χ0n) is 15.8. The van der Waals surface area contributed by atoms with Crippen molar-refractivity contribution in [2.45, 2.75) is 19.4 Å². The third kappa shape index (κ3) is 3.59. The Labute approximate surface area is 168 Å². The van der Waals surface area contributed by atoms with Crippen molar-refractivity contribution >= 4 is 11.6 Å². The molecule has 2 aliphatic carbocycles. The highest BCUT2D eigenvalue weighted by atomic mass is 16.2. The van der Waals surface area contributed by atoms with Gasteiger partial charge in [-0.1, -0.05) is 54.6 Å². The molecule has 1 N–H and O–H groups in total. The summed E-state index contributed by atoms with van der Waals surface area (Å²) in [5.74, 6) is 1.52. The first-order valence-corrected chi connectivity index (χ1v) is 9.72. The molecule has 0 spiro atoms. The van der Waals surface area contributed by atoms with Crippen molar-refractivity contribution in [2.75, 3.05) is 0 Å². The Hall–Kier alpha value is -3.61. The fraction of sp³-hybridized carbons (Fsp3) is 0.227. The first-order valence-electron chi connectivity index (χ1n) is 9.72. The lowest BCUT2D eigenvalue weighted by Gasteiger charge is -2.31. The predicted molar refractivity (Wildman–Crippen MR) is 109 cm³/mol. The molecule has 0 bridgehead atoms. The van der Waals surface area contributed by atoms with Gasteiger partial charge in [0.25, 0.3) is 5.91 Å². The van der Waals surface area contributed by atoms with Crippen LogP contribution in [0, 0.1) is 11.8 Å². The highest BCUT2D eigenvalue weighted by molar-refractivity contribution is 5.98. The van der Waals surface area contributed by atoms with E-state index >= 15 is 0 Å². The smallest absolute Gasteiger partial charge is 0.267 e. The number of rotatable bonds is 5. The number of aromatic nitrogens is 4. The number of hydrogen-bond acceptors (Lipinski definition) is 5. The molecule has 0 radical (unpaired) electrons. The molecule has 2 aromatic carbocycles. The number of allylic oxidation sites excluding steroid dienone is 2. The summed E-state index contributed by atoms with van der Waals surface area (Å²) in [5.41, 5.74) is 6.28. The summed E-state index contributed by atoms with van der Waals surface area (Å²) in [6.45, 7) is 0.486. The first kappa shape index (κ1) is 17.5. The molecule has 5 rings (SSSR count). The van der Waals surface area contributed by atoms with Gasteiger partial charge in [-0.15, -0.1) is 10.2 Å². The van der Waals surface area contributed by atoms with Crippen LogP contribution in [0.5, 0.6) is 0 Å². The average molecular weight is 384 g/mol. The van der Waals surface area contributed by atoms with Crippen LogP contribution in [-0.4, -0.2) is 31.8 Å². The Bertz CT molecular complexity index is 1080. The third-order valence-electron chi connectivity index (χ3n) is 5.49. The molecule has 2 aliphatic rings. The Balaban J connectivity index is 1.20. The van der Waals surface area contributed by atoms with Crippen molar-refractivity contribution in [3.8, 4) is 11.4 Å². The first-order chi connectivity index (χ1) is 14.3. The number of carbonyl (C=O) groups is 1. The van der Waals surface area contributed by atoms with E-state index in [-0.39, 0.29) is 5.91 Å². The summed E-state index contributed by atoms with van der Waals surface area (Å²) in [6, 6.07) is 17.1. The normalized spacial score (nSPS) is 21.0. The Morgan fingerprint density at radius 1 is 1.14 bits per heavy atom. The van der Waals surface area contributed by atoms with E-state index in [4.69, 9.17) is 0 Å². The maximum Gasteiger partial charge on any atom is 0.271 e. The van der Waals surface area contributed by atoms with E-state index in [1.54, 1.807) is 16.9 Å². The van der Waals surface area contributed by atoms with E-state index in [1.807, 2.05) is 42.5 Å². The number of nitrogens with one attached hydrogen (secondary N) is 1. The van der Waals surface area contributed by atoms with Gasteiger partial charge in [-0.25, -0.2) is 5.43 Å². The summed E-state index contributed by atoms with van der Waals surface area (Å²) >= 11 is 0. The number of amides is 1. The fourth-order valence-corrected chi connectivity index (χ4v) is 3.79. The van der Waals surface area contributed by atoms with Crippen LogP contribution in [0.1, 0.15) is 28.8 Å². The molecule has 1 amide bonds. The van der Waals surface area contributed by atoms with Gasteiger partial charge in [0, 0.05) is 22.8 Å². The topological polar surface area (TPSA) is 85.1 Å². The van der Waals surface area contributed by atoms with Crippen LogP contribution in [0.4, 0.5) is 0 Å². The van der Waals surface area contributed by atoms with Crippen LogP contribution in [0.2, 0.25) is 0 Å². The van der Waals surface area contributed by atoms with Crippen molar-refractivity contribution < 1.29 is 4.79 Å². The quantitative estimate of drug-likeness (QED) is 0.541. The zero-order chi connectivity index (χ0) is 19.6. The lowest BCUT2D eigenvalue weighted by Crippen LogP contribution is -2.35. The van der Waals surface area contributed by atoms with E-state index < -0.39 is 0 Å². The van der Waals surface area contributed by atoms with E-state index in [9.17, 15) is 4.79 Å². The molecular formula is C22H20N6O. The number of hydrazone groups is 1. The Morgan fingerprint density at radius 3 is 2.76 bits per heavy atom. The van der Waals surface area contributed by atoms with Crippen molar-refractivity contribution in [2.24, 2.45) is 16.9 Å². The molecule has 2 atom stereocenters. The number of nitrogens with zero attached hydrogens (tertiary/aromatic N) is 5. The van der Waals surface area contributed by atoms with E-state index in [1.165, 1.54) is 0 Å². The SMILES string of the molecule is O=C(N/N=C1/C[C@@H]2C=CC[C@H]12)c1ccc(Cn2nnc(-c3ccccc3)n2)cc1. The molecule has 0 unspecified atom stereocenters. The van der Waals surface area contributed by atoms with Gasteiger partial charge < -0.3 is 0 Å². The van der Waals surface area contributed by atoms with Crippen LogP contribution in [-0.2, 0) is 6.54 Å². The van der Waals surface area contributed by atoms with Crippen molar-refractivity contribution in [3.05, 3.63) is 77.9 Å². The molecule has 1 fully saturated rings. The van der Waals surface area contributed by atoms with Crippen LogP contribution >= 0.6 is 0 Å². The Kier molecular flexibility index (Phi) is 4.48. The van der Waals surface area contributed by atoms with Gasteiger partial charge in [0.05, 0.1) is 6.54 Å². The second-order valence-electron chi connectivity index (χ2n) is 7.39. The van der Waals surface area contributed by atoms with E-state index in [0.717, 1.165) is 29.7 Å². The number of benzene rings is 2. The minimum absolute atomic E-state index is 0.191. The van der Waals surface area contributed by atoms with E-state index in [0.29, 0.717) is 29.8 Å². The highest BCUT2D eigenvalue weighted by Gasteiger charge is 2.38. The summed E-state index contributed by atoms with van der Waals surface area (Å²) < 4.78 is 0. The molecule has 144 valence electrons. The predicted octanol–water partition coefficient (Wildman–Crippen LogP) is 3.07. The second kappa shape index (κ2) is 7.43.